The number of ether oxygens (including phenoxy) is 2. The Bertz CT molecular complexity index is 1870. The van der Waals surface area contributed by atoms with Gasteiger partial charge in [0.1, 0.15) is 0 Å². The van der Waals surface area contributed by atoms with Gasteiger partial charge in [-0.2, -0.15) is 0 Å². The summed E-state index contributed by atoms with van der Waals surface area (Å²) in [6.45, 7) is 42.3. The molecule has 4 fully saturated rings. The number of carbonyl (C=O) groups excluding carboxylic acids is 1. The predicted octanol–water partition coefficient (Wildman–Crippen LogP) is 19.7. The highest BCUT2D eigenvalue weighted by molar-refractivity contribution is 5.65. The Morgan fingerprint density at radius 2 is 0.908 bits per heavy atom. The summed E-state index contributed by atoms with van der Waals surface area (Å²) in [5.41, 5.74) is 14.2. The van der Waals surface area contributed by atoms with E-state index in [0.29, 0.717) is 17.4 Å². The van der Waals surface area contributed by atoms with Gasteiger partial charge in [0.2, 0.25) is 0 Å². The second-order valence-corrected chi connectivity index (χ2v) is 24.4. The van der Waals surface area contributed by atoms with Crippen LogP contribution in [0.25, 0.3) is 0 Å². The van der Waals surface area contributed by atoms with Gasteiger partial charge in [-0.15, -0.1) is 0 Å². The standard InChI is InChI=1S/C18H30O2.2C16H28O.C16H26.C2H4O2.CH4O/c1-15(2)9-6-10-16(3)11-7-12-17(4)13-8-14-20-18(5)19;1-14(2)8-5-9-15(3)12(14)6-10-16(4)13(15)7-11-17-16;1-14(2)8-5-9-15(3)10-6-11-16(4)12-7-13-17;1-13(2)7-5-8-14(3)9-6-10-15(4)16-11-12-16;1-2(3)4;1-2/h9,11,13H,6-8,10,12,14H2,1-5H3;12-13H,5-11H2,1-4H3;8,10,12,17H,5-7,9,11,13H2,1-4H3;7,9,16H,4-6,8,10-12H2,1-3H3;1H3,(H,3,4);2H,1H3/b16-11+,17-13+;;15-10+,16-12+;14-9+;;/t;12-,13+,15-,16+;;;;/m.0..../s1. The van der Waals surface area contributed by atoms with Gasteiger partial charge in [0.15, 0.2) is 0 Å². The first-order valence-electron chi connectivity index (χ1n) is 29.6. The van der Waals surface area contributed by atoms with E-state index in [1.54, 1.807) is 0 Å². The minimum Gasteiger partial charge on any atom is -0.481 e. The highest BCUT2D eigenvalue weighted by atomic mass is 16.5. The zero-order chi connectivity index (χ0) is 58.3. The number of aliphatic hydroxyl groups is 2. The van der Waals surface area contributed by atoms with Crippen molar-refractivity contribution in [3.05, 3.63) is 105 Å². The van der Waals surface area contributed by atoms with Crippen molar-refractivity contribution in [2.24, 2.45) is 28.6 Å². The van der Waals surface area contributed by atoms with Crippen LogP contribution in [0.4, 0.5) is 0 Å². The van der Waals surface area contributed by atoms with Gasteiger partial charge in [-0.3, -0.25) is 9.59 Å². The molecule has 438 valence electrons. The van der Waals surface area contributed by atoms with Crippen molar-refractivity contribution in [2.45, 2.75) is 265 Å². The Morgan fingerprint density at radius 1 is 0.526 bits per heavy atom. The third-order valence-corrected chi connectivity index (χ3v) is 15.6. The molecule has 7 nitrogen and oxygen atoms in total. The molecule has 0 radical (unpaired) electrons. The SMILES string of the molecule is C=C(CC/C=C(\C)CCC=C(C)C)C1CC1.CC(=O)O.CC(=O)OCC/C=C(\C)CC/C=C(\C)CCC=C(C)C.CC(C)=CCC/C(C)=C/CC/C(C)=C/CCO.CC1(C)CCC[C@]2(C)[C@H]3CCO[C@]3(C)CC[C@@H]12.CO. The van der Waals surface area contributed by atoms with Crippen LogP contribution < -0.4 is 0 Å². The normalized spacial score (nSPS) is 21.7. The van der Waals surface area contributed by atoms with E-state index < -0.39 is 5.97 Å². The molecule has 7 heteroatoms. The zero-order valence-corrected chi connectivity index (χ0v) is 52.7. The smallest absolute Gasteiger partial charge is 0.302 e. The number of allylic oxidation sites excluding steroid dienone is 15. The van der Waals surface area contributed by atoms with Crippen molar-refractivity contribution in [2.75, 3.05) is 26.9 Å². The van der Waals surface area contributed by atoms with Gasteiger partial charge >= 0.3 is 5.97 Å². The summed E-state index contributed by atoms with van der Waals surface area (Å²) in [5.74, 6) is 1.57. The topological polar surface area (TPSA) is 113 Å². The van der Waals surface area contributed by atoms with Crippen molar-refractivity contribution in [3.63, 3.8) is 0 Å². The maximum absolute atomic E-state index is 10.6. The van der Waals surface area contributed by atoms with E-state index in [0.717, 1.165) is 96.2 Å². The van der Waals surface area contributed by atoms with Crippen LogP contribution in [0, 0.1) is 28.6 Å². The van der Waals surface area contributed by atoms with Crippen LogP contribution in [0.15, 0.2) is 105 Å². The van der Waals surface area contributed by atoms with Crippen LogP contribution in [0.3, 0.4) is 0 Å². The summed E-state index contributed by atoms with van der Waals surface area (Å²) >= 11 is 0. The zero-order valence-electron chi connectivity index (χ0n) is 52.7. The Balaban J connectivity index is 0. The van der Waals surface area contributed by atoms with Gasteiger partial charge in [0.25, 0.3) is 5.97 Å². The first-order chi connectivity index (χ1) is 35.7. The van der Waals surface area contributed by atoms with E-state index in [1.165, 1.54) is 141 Å². The van der Waals surface area contributed by atoms with Crippen LogP contribution in [0.5, 0.6) is 0 Å². The highest BCUT2D eigenvalue weighted by Crippen LogP contribution is 2.64. The number of carboxylic acid groups (broad SMARTS) is 1. The molecule has 3 N–H and O–H groups in total. The maximum Gasteiger partial charge on any atom is 0.302 e. The molecule has 0 aromatic rings. The largest absolute Gasteiger partial charge is 0.481 e. The van der Waals surface area contributed by atoms with E-state index >= 15 is 0 Å². The number of aliphatic hydroxyl groups excluding tert-OH is 2. The number of fused-ring (bicyclic) bond motifs is 3. The lowest BCUT2D eigenvalue weighted by Gasteiger charge is -2.60. The fraction of sp³-hybridized carbons (Fsp3) is 0.710. The van der Waals surface area contributed by atoms with Crippen molar-refractivity contribution < 1.29 is 34.4 Å². The molecule has 4 aliphatic rings. The summed E-state index contributed by atoms with van der Waals surface area (Å²) in [5, 5.41) is 23.1. The minimum absolute atomic E-state index is 0.203. The van der Waals surface area contributed by atoms with Gasteiger partial charge in [0.05, 0.1) is 12.2 Å². The molecule has 3 saturated carbocycles. The number of aliphatic carboxylic acids is 1. The maximum atomic E-state index is 10.6. The van der Waals surface area contributed by atoms with Crippen LogP contribution in [-0.4, -0.2) is 59.8 Å². The lowest BCUT2D eigenvalue weighted by molar-refractivity contribution is -0.147. The summed E-state index contributed by atoms with van der Waals surface area (Å²) in [4.78, 5) is 19.6. The Kier molecular flexibility index (Phi) is 41.6. The molecule has 1 saturated heterocycles. The molecule has 0 amide bonds. The van der Waals surface area contributed by atoms with E-state index in [1.807, 2.05) is 0 Å². The number of rotatable bonds is 24. The fourth-order valence-electron chi connectivity index (χ4n) is 11.2. The molecule has 0 bridgehead atoms. The molecule has 0 unspecified atom stereocenters. The average molecular weight is 1060 g/mol. The van der Waals surface area contributed by atoms with Crippen molar-refractivity contribution in [1.82, 2.24) is 0 Å². The molecule has 0 spiro atoms. The van der Waals surface area contributed by atoms with Crippen LogP contribution >= 0.6 is 0 Å². The van der Waals surface area contributed by atoms with Gasteiger partial charge in [-0.05, 0) is 247 Å². The lowest BCUT2D eigenvalue weighted by Crippen LogP contribution is -2.55. The second kappa shape index (κ2) is 42.4. The number of esters is 1. The molecule has 3 aliphatic carbocycles. The van der Waals surface area contributed by atoms with Gasteiger partial charge < -0.3 is 24.8 Å². The number of carboxylic acids is 1. The van der Waals surface area contributed by atoms with Crippen LogP contribution in [0.2, 0.25) is 0 Å². The third-order valence-electron chi connectivity index (χ3n) is 15.6. The van der Waals surface area contributed by atoms with Crippen LogP contribution in [0.1, 0.15) is 259 Å². The minimum atomic E-state index is -0.833. The number of hydrogen-bond acceptors (Lipinski definition) is 6. The van der Waals surface area contributed by atoms with Gasteiger partial charge in [-0.25, -0.2) is 0 Å². The van der Waals surface area contributed by atoms with Crippen molar-refractivity contribution in [3.8, 4) is 0 Å². The summed E-state index contributed by atoms with van der Waals surface area (Å²) in [6, 6.07) is 0. The van der Waals surface area contributed by atoms with Crippen LogP contribution in [-0.2, 0) is 19.1 Å². The number of carbonyl (C=O) groups is 2. The quantitative estimate of drug-likeness (QED) is 0.0501. The molecular weight excluding hydrogens is 941 g/mol. The molecule has 1 heterocycles. The molecule has 76 heavy (non-hydrogen) atoms. The Morgan fingerprint density at radius 3 is 1.29 bits per heavy atom. The highest BCUT2D eigenvalue weighted by Gasteiger charge is 2.60. The van der Waals surface area contributed by atoms with Crippen molar-refractivity contribution in [1.29, 1.82) is 0 Å². The summed E-state index contributed by atoms with van der Waals surface area (Å²) in [7, 11) is 1.00. The van der Waals surface area contributed by atoms with Gasteiger partial charge in [-0.1, -0.05) is 133 Å². The molecule has 0 aromatic heterocycles. The van der Waals surface area contributed by atoms with Crippen molar-refractivity contribution >= 4 is 11.9 Å². The van der Waals surface area contributed by atoms with Gasteiger partial charge in [0, 0.05) is 34.2 Å². The average Bonchev–Trinajstić information content (AvgIpc) is 4.10. The number of hydrogen-bond donors (Lipinski definition) is 3. The summed E-state index contributed by atoms with van der Waals surface area (Å²) in [6.07, 6.45) is 44.7. The summed E-state index contributed by atoms with van der Waals surface area (Å²) < 4.78 is 11.0. The third kappa shape index (κ3) is 37.3. The first kappa shape index (κ1) is 74.6. The molecule has 4 atom stereocenters. The lowest BCUT2D eigenvalue weighted by atomic mass is 9.46. The van der Waals surface area contributed by atoms with E-state index in [9.17, 15) is 4.79 Å². The molecule has 0 aromatic carbocycles. The molecule has 4 rings (SSSR count). The first-order valence-corrected chi connectivity index (χ1v) is 29.6. The Labute approximate surface area is 469 Å². The Hall–Kier alpha value is -3.52. The van der Waals surface area contributed by atoms with E-state index in [4.69, 9.17) is 29.6 Å². The molecule has 1 aliphatic heterocycles. The van der Waals surface area contributed by atoms with E-state index in [2.05, 4.69) is 159 Å². The predicted molar refractivity (Wildman–Crippen MR) is 330 cm³/mol. The fourth-order valence-corrected chi connectivity index (χ4v) is 11.2. The molecular formula is C69H120O7. The second-order valence-electron chi connectivity index (χ2n) is 24.4. The van der Waals surface area contributed by atoms with E-state index in [-0.39, 0.29) is 18.2 Å². The monoisotopic (exact) mass is 1060 g/mol.